The van der Waals surface area contributed by atoms with Crippen molar-refractivity contribution in [3.63, 3.8) is 0 Å². The SMILES string of the molecule is COc1ccc([C@H](NC(=S)Nc2ccc(C)c(F)c2)C(C)C)cc1. The Morgan fingerprint density at radius 2 is 1.79 bits per heavy atom. The number of halogens is 1. The lowest BCUT2D eigenvalue weighted by Crippen LogP contribution is -2.34. The van der Waals surface area contributed by atoms with Gasteiger partial charge in [-0.25, -0.2) is 4.39 Å². The molecular weight excluding hydrogens is 323 g/mol. The predicted molar refractivity (Wildman–Crippen MR) is 101 cm³/mol. The molecule has 0 spiro atoms. The average Bonchev–Trinajstić information content (AvgIpc) is 2.56. The first-order valence-electron chi connectivity index (χ1n) is 7.88. The number of anilines is 1. The van der Waals surface area contributed by atoms with Crippen LogP contribution in [0.4, 0.5) is 10.1 Å². The van der Waals surface area contributed by atoms with Crippen molar-refractivity contribution in [2.24, 2.45) is 5.92 Å². The quantitative estimate of drug-likeness (QED) is 0.760. The van der Waals surface area contributed by atoms with E-state index in [2.05, 4.69) is 24.5 Å². The van der Waals surface area contributed by atoms with Gasteiger partial charge in [-0.3, -0.25) is 0 Å². The number of hydrogen-bond acceptors (Lipinski definition) is 2. The smallest absolute Gasteiger partial charge is 0.171 e. The lowest BCUT2D eigenvalue weighted by molar-refractivity contribution is 0.413. The van der Waals surface area contributed by atoms with E-state index < -0.39 is 0 Å². The molecule has 0 amide bonds. The predicted octanol–water partition coefficient (Wildman–Crippen LogP) is 4.83. The Balaban J connectivity index is 2.08. The number of nitrogens with one attached hydrogen (secondary N) is 2. The molecule has 128 valence electrons. The van der Waals surface area contributed by atoms with Gasteiger partial charge >= 0.3 is 0 Å². The van der Waals surface area contributed by atoms with E-state index in [1.165, 1.54) is 6.07 Å². The average molecular weight is 346 g/mol. The molecule has 3 nitrogen and oxygen atoms in total. The highest BCUT2D eigenvalue weighted by atomic mass is 32.1. The van der Waals surface area contributed by atoms with E-state index >= 15 is 0 Å². The van der Waals surface area contributed by atoms with Gasteiger partial charge < -0.3 is 15.4 Å². The zero-order valence-corrected chi connectivity index (χ0v) is 15.2. The van der Waals surface area contributed by atoms with Gasteiger partial charge in [0, 0.05) is 5.69 Å². The summed E-state index contributed by atoms with van der Waals surface area (Å²) in [4.78, 5) is 0. The molecule has 0 aromatic heterocycles. The molecule has 2 rings (SSSR count). The second kappa shape index (κ2) is 8.11. The monoisotopic (exact) mass is 346 g/mol. The normalized spacial score (nSPS) is 11.9. The van der Waals surface area contributed by atoms with Crippen LogP contribution >= 0.6 is 12.2 Å². The summed E-state index contributed by atoms with van der Waals surface area (Å²) in [5, 5.41) is 6.82. The molecule has 0 saturated carbocycles. The van der Waals surface area contributed by atoms with Gasteiger partial charge in [0.05, 0.1) is 13.2 Å². The molecule has 0 unspecified atom stereocenters. The van der Waals surface area contributed by atoms with Crippen LogP contribution in [0.5, 0.6) is 5.75 Å². The molecule has 2 aromatic rings. The second-order valence-electron chi connectivity index (χ2n) is 6.06. The van der Waals surface area contributed by atoms with Crippen molar-refractivity contribution >= 4 is 23.0 Å². The maximum Gasteiger partial charge on any atom is 0.171 e. The van der Waals surface area contributed by atoms with Crippen molar-refractivity contribution in [3.8, 4) is 5.75 Å². The zero-order valence-electron chi connectivity index (χ0n) is 14.4. The van der Waals surface area contributed by atoms with E-state index in [9.17, 15) is 4.39 Å². The van der Waals surface area contributed by atoms with E-state index in [1.54, 1.807) is 20.1 Å². The van der Waals surface area contributed by atoms with Crippen LogP contribution < -0.4 is 15.4 Å². The first-order chi connectivity index (χ1) is 11.4. The molecule has 0 saturated heterocycles. The van der Waals surface area contributed by atoms with E-state index in [4.69, 9.17) is 17.0 Å². The van der Waals surface area contributed by atoms with Crippen LogP contribution in [0.15, 0.2) is 42.5 Å². The minimum absolute atomic E-state index is 0.0474. The van der Waals surface area contributed by atoms with Crippen LogP contribution in [0.1, 0.15) is 31.0 Å². The van der Waals surface area contributed by atoms with E-state index in [0.717, 1.165) is 11.3 Å². The summed E-state index contributed by atoms with van der Waals surface area (Å²) < 4.78 is 18.8. The minimum atomic E-state index is -0.252. The lowest BCUT2D eigenvalue weighted by Gasteiger charge is -2.25. The summed E-state index contributed by atoms with van der Waals surface area (Å²) in [6, 6.07) is 12.9. The van der Waals surface area contributed by atoms with Crippen LogP contribution in [0.25, 0.3) is 0 Å². The van der Waals surface area contributed by atoms with Crippen molar-refractivity contribution in [3.05, 3.63) is 59.4 Å². The standard InChI is InChI=1S/C19H23FN2OS/c1-12(2)18(14-6-9-16(23-4)10-7-14)22-19(24)21-15-8-5-13(3)17(20)11-15/h5-12,18H,1-4H3,(H2,21,22,24)/t18-/m1/s1. The molecule has 0 fully saturated rings. The molecule has 24 heavy (non-hydrogen) atoms. The second-order valence-corrected chi connectivity index (χ2v) is 6.47. The summed E-state index contributed by atoms with van der Waals surface area (Å²) in [6.07, 6.45) is 0. The van der Waals surface area contributed by atoms with E-state index in [-0.39, 0.29) is 11.9 Å². The van der Waals surface area contributed by atoms with Crippen molar-refractivity contribution in [1.82, 2.24) is 5.32 Å². The van der Waals surface area contributed by atoms with Crippen molar-refractivity contribution in [1.29, 1.82) is 0 Å². The molecule has 0 radical (unpaired) electrons. The van der Waals surface area contributed by atoms with Gasteiger partial charge in [-0.05, 0) is 60.5 Å². The van der Waals surface area contributed by atoms with Gasteiger partial charge in [0.2, 0.25) is 0 Å². The van der Waals surface area contributed by atoms with Gasteiger partial charge in [0.1, 0.15) is 11.6 Å². The highest BCUT2D eigenvalue weighted by molar-refractivity contribution is 7.80. The lowest BCUT2D eigenvalue weighted by atomic mass is 9.96. The third-order valence-corrected chi connectivity index (χ3v) is 4.08. The first-order valence-corrected chi connectivity index (χ1v) is 8.29. The molecule has 2 N–H and O–H groups in total. The van der Waals surface area contributed by atoms with Gasteiger partial charge in [0.15, 0.2) is 5.11 Å². The van der Waals surface area contributed by atoms with Crippen molar-refractivity contribution < 1.29 is 9.13 Å². The van der Waals surface area contributed by atoms with Crippen LogP contribution in [0, 0.1) is 18.7 Å². The van der Waals surface area contributed by atoms with Crippen LogP contribution in [0.3, 0.4) is 0 Å². The van der Waals surface area contributed by atoms with Crippen molar-refractivity contribution in [2.45, 2.75) is 26.8 Å². The number of ether oxygens (including phenoxy) is 1. The number of thiocarbonyl (C=S) groups is 1. The summed E-state index contributed by atoms with van der Waals surface area (Å²) in [5.74, 6) is 0.892. The number of aryl methyl sites for hydroxylation is 1. The van der Waals surface area contributed by atoms with E-state index in [1.807, 2.05) is 30.3 Å². The Morgan fingerprint density at radius 3 is 2.33 bits per heavy atom. The largest absolute Gasteiger partial charge is 0.497 e. The molecule has 1 atom stereocenters. The molecule has 0 aliphatic carbocycles. The van der Waals surface area contributed by atoms with Gasteiger partial charge in [-0.1, -0.05) is 32.0 Å². The number of rotatable bonds is 5. The fourth-order valence-electron chi connectivity index (χ4n) is 2.43. The first kappa shape index (κ1) is 18.2. The Bertz CT molecular complexity index is 701. The number of methoxy groups -OCH3 is 1. The van der Waals surface area contributed by atoms with Crippen LogP contribution in [0.2, 0.25) is 0 Å². The molecule has 5 heteroatoms. The maximum absolute atomic E-state index is 13.6. The highest BCUT2D eigenvalue weighted by Gasteiger charge is 2.17. The summed E-state index contributed by atoms with van der Waals surface area (Å²) in [6.45, 7) is 5.97. The molecule has 0 heterocycles. The molecule has 0 aliphatic heterocycles. The Kier molecular flexibility index (Phi) is 6.15. The minimum Gasteiger partial charge on any atom is -0.497 e. The number of hydrogen-bond donors (Lipinski definition) is 2. The van der Waals surface area contributed by atoms with Gasteiger partial charge in [-0.2, -0.15) is 0 Å². The summed E-state index contributed by atoms with van der Waals surface area (Å²) in [5.41, 5.74) is 2.36. The third-order valence-electron chi connectivity index (χ3n) is 3.86. The van der Waals surface area contributed by atoms with Gasteiger partial charge in [0.25, 0.3) is 0 Å². The maximum atomic E-state index is 13.6. The highest BCUT2D eigenvalue weighted by Crippen LogP contribution is 2.24. The van der Waals surface area contributed by atoms with Crippen LogP contribution in [-0.2, 0) is 0 Å². The molecule has 0 bridgehead atoms. The zero-order chi connectivity index (χ0) is 17.7. The Morgan fingerprint density at radius 1 is 1.12 bits per heavy atom. The van der Waals surface area contributed by atoms with E-state index in [0.29, 0.717) is 22.3 Å². The Hall–Kier alpha value is -2.14. The third kappa shape index (κ3) is 4.68. The molecule has 0 aliphatic rings. The Labute approximate surface area is 148 Å². The fraction of sp³-hybridized carbons (Fsp3) is 0.316. The molecule has 2 aromatic carbocycles. The summed E-state index contributed by atoms with van der Waals surface area (Å²) in [7, 11) is 1.65. The topological polar surface area (TPSA) is 33.3 Å². The number of benzene rings is 2. The van der Waals surface area contributed by atoms with Crippen molar-refractivity contribution in [2.75, 3.05) is 12.4 Å². The fourth-order valence-corrected chi connectivity index (χ4v) is 2.67. The van der Waals surface area contributed by atoms with Crippen LogP contribution in [-0.4, -0.2) is 12.2 Å². The van der Waals surface area contributed by atoms with Gasteiger partial charge in [-0.15, -0.1) is 0 Å². The molecular formula is C19H23FN2OS. The summed E-state index contributed by atoms with van der Waals surface area (Å²) >= 11 is 5.39.